The standard InChI is InChI=1S/C27H39NO2/c1-4-25-18-26(29,5-2)24-21-12-10-20(28-15-7-8-16-28)17-19(21)9-11-22(24)23(25)13-14-27(25,30)6-3/h3,17,22-24,29-30H,4-5,7-16,18H2,1-2H3/t22?,23?,24?,25-,26?,27-/m0/s1. The first-order valence-electron chi connectivity index (χ1n) is 12.5. The molecule has 6 atom stereocenters. The Hall–Kier alpha value is -1.24. The zero-order valence-corrected chi connectivity index (χ0v) is 18.9. The molecule has 3 nitrogen and oxygen atoms in total. The van der Waals surface area contributed by atoms with Crippen LogP contribution in [0.15, 0.2) is 22.9 Å². The number of allylic oxidation sites excluding steroid dienone is 3. The summed E-state index contributed by atoms with van der Waals surface area (Å²) < 4.78 is 0. The number of rotatable bonds is 3. The second kappa shape index (κ2) is 7.14. The van der Waals surface area contributed by atoms with Crippen molar-refractivity contribution < 1.29 is 10.2 Å². The summed E-state index contributed by atoms with van der Waals surface area (Å²) in [7, 11) is 0. The number of aliphatic hydroxyl groups is 2. The molecule has 4 unspecified atom stereocenters. The van der Waals surface area contributed by atoms with Gasteiger partial charge in [0.25, 0.3) is 0 Å². The van der Waals surface area contributed by atoms with Crippen molar-refractivity contribution in [2.24, 2.45) is 23.2 Å². The van der Waals surface area contributed by atoms with Crippen molar-refractivity contribution in [3.05, 3.63) is 22.9 Å². The largest absolute Gasteiger partial charge is 0.389 e. The Kier molecular flexibility index (Phi) is 4.92. The van der Waals surface area contributed by atoms with Gasteiger partial charge in [-0.2, -0.15) is 0 Å². The first-order chi connectivity index (χ1) is 14.4. The van der Waals surface area contributed by atoms with Gasteiger partial charge in [-0.1, -0.05) is 25.3 Å². The molecule has 2 saturated carbocycles. The molecule has 0 aromatic rings. The summed E-state index contributed by atoms with van der Waals surface area (Å²) in [5, 5.41) is 23.6. The van der Waals surface area contributed by atoms with Gasteiger partial charge in [-0.25, -0.2) is 0 Å². The minimum Gasteiger partial charge on any atom is -0.389 e. The van der Waals surface area contributed by atoms with E-state index in [-0.39, 0.29) is 11.3 Å². The second-order valence-corrected chi connectivity index (χ2v) is 10.9. The lowest BCUT2D eigenvalue weighted by atomic mass is 9.46. The van der Waals surface area contributed by atoms with E-state index in [1.165, 1.54) is 37.2 Å². The Morgan fingerprint density at radius 3 is 2.53 bits per heavy atom. The minimum atomic E-state index is -1.06. The van der Waals surface area contributed by atoms with Crippen molar-refractivity contribution in [2.45, 2.75) is 95.7 Å². The van der Waals surface area contributed by atoms with Gasteiger partial charge in [-0.15, -0.1) is 6.42 Å². The van der Waals surface area contributed by atoms with Crippen LogP contribution in [0.5, 0.6) is 0 Å². The van der Waals surface area contributed by atoms with Gasteiger partial charge in [0.05, 0.1) is 5.60 Å². The van der Waals surface area contributed by atoms with Gasteiger partial charge in [-0.05, 0) is 94.1 Å². The molecular weight excluding hydrogens is 370 g/mol. The van der Waals surface area contributed by atoms with Crippen LogP contribution >= 0.6 is 0 Å². The van der Waals surface area contributed by atoms with Gasteiger partial charge in [0.1, 0.15) is 5.60 Å². The third-order valence-electron chi connectivity index (χ3n) is 10.0. The molecule has 5 aliphatic rings. The lowest BCUT2D eigenvalue weighted by molar-refractivity contribution is -0.178. The van der Waals surface area contributed by atoms with Gasteiger partial charge in [0.15, 0.2) is 0 Å². The molecule has 3 fully saturated rings. The summed E-state index contributed by atoms with van der Waals surface area (Å²) in [6.07, 6.45) is 19.5. The molecule has 2 N–H and O–H groups in total. The number of hydrogen-bond donors (Lipinski definition) is 2. The first-order valence-corrected chi connectivity index (χ1v) is 12.5. The van der Waals surface area contributed by atoms with Gasteiger partial charge in [0, 0.05) is 30.1 Å². The van der Waals surface area contributed by atoms with Crippen molar-refractivity contribution in [3.63, 3.8) is 0 Å². The highest BCUT2D eigenvalue weighted by atomic mass is 16.3. The Morgan fingerprint density at radius 2 is 1.87 bits per heavy atom. The van der Waals surface area contributed by atoms with Crippen molar-refractivity contribution in [2.75, 3.05) is 13.1 Å². The van der Waals surface area contributed by atoms with Crippen LogP contribution in [0.4, 0.5) is 0 Å². The maximum Gasteiger partial charge on any atom is 0.131 e. The van der Waals surface area contributed by atoms with E-state index in [9.17, 15) is 10.2 Å². The molecule has 0 aromatic heterocycles. The zero-order chi connectivity index (χ0) is 21.1. The summed E-state index contributed by atoms with van der Waals surface area (Å²) in [6.45, 7) is 6.74. The third-order valence-corrected chi connectivity index (χ3v) is 10.0. The van der Waals surface area contributed by atoms with Gasteiger partial charge in [-0.3, -0.25) is 0 Å². The molecule has 1 heterocycles. The number of terminal acetylenes is 1. The highest BCUT2D eigenvalue weighted by molar-refractivity contribution is 5.40. The highest BCUT2D eigenvalue weighted by Gasteiger charge is 2.68. The topological polar surface area (TPSA) is 43.7 Å². The summed E-state index contributed by atoms with van der Waals surface area (Å²) in [5.41, 5.74) is 2.43. The average molecular weight is 410 g/mol. The normalized spacial score (nSPS) is 45.5. The molecule has 0 radical (unpaired) electrons. The molecule has 0 aromatic carbocycles. The van der Waals surface area contributed by atoms with Crippen LogP contribution in [0.2, 0.25) is 0 Å². The molecule has 5 rings (SSSR count). The van der Waals surface area contributed by atoms with E-state index in [1.54, 1.807) is 5.57 Å². The van der Waals surface area contributed by atoms with E-state index in [0.29, 0.717) is 24.7 Å². The quantitative estimate of drug-likeness (QED) is 0.658. The minimum absolute atomic E-state index is 0.243. The molecule has 0 amide bonds. The highest BCUT2D eigenvalue weighted by Crippen LogP contribution is 2.68. The SMILES string of the molecule is C#C[C@]1(O)CCC2C3CCC4=C(CCC(N5CCCC5)=C4)C3C(O)(CC)C[C@@]21CC. The number of nitrogens with zero attached hydrogens (tertiary/aromatic N) is 1. The summed E-state index contributed by atoms with van der Waals surface area (Å²) in [4.78, 5) is 2.59. The van der Waals surface area contributed by atoms with Crippen LogP contribution in [0, 0.1) is 35.5 Å². The maximum atomic E-state index is 12.1. The smallest absolute Gasteiger partial charge is 0.131 e. The molecular formula is C27H39NO2. The van der Waals surface area contributed by atoms with Crippen LogP contribution in [-0.4, -0.2) is 39.4 Å². The van der Waals surface area contributed by atoms with E-state index in [0.717, 1.165) is 44.9 Å². The summed E-state index contributed by atoms with van der Waals surface area (Å²) in [5.74, 6) is 3.92. The summed E-state index contributed by atoms with van der Waals surface area (Å²) in [6, 6.07) is 0. The Morgan fingerprint density at radius 1 is 1.10 bits per heavy atom. The third kappa shape index (κ3) is 2.66. The number of hydrogen-bond acceptors (Lipinski definition) is 3. The van der Waals surface area contributed by atoms with E-state index in [4.69, 9.17) is 6.42 Å². The van der Waals surface area contributed by atoms with Crippen molar-refractivity contribution in [3.8, 4) is 12.3 Å². The van der Waals surface area contributed by atoms with Gasteiger partial charge in [0.2, 0.25) is 0 Å². The van der Waals surface area contributed by atoms with E-state index in [2.05, 4.69) is 30.7 Å². The predicted octanol–water partition coefficient (Wildman–Crippen LogP) is 4.80. The fourth-order valence-electron chi connectivity index (χ4n) is 8.53. The molecule has 3 heteroatoms. The average Bonchev–Trinajstić information content (AvgIpc) is 3.41. The van der Waals surface area contributed by atoms with Crippen LogP contribution in [0.25, 0.3) is 0 Å². The molecule has 30 heavy (non-hydrogen) atoms. The van der Waals surface area contributed by atoms with Crippen LogP contribution in [-0.2, 0) is 0 Å². The molecule has 0 spiro atoms. The molecule has 1 saturated heterocycles. The number of likely N-dealkylation sites (tertiary alicyclic amines) is 1. The lowest BCUT2D eigenvalue weighted by Crippen LogP contribution is -2.61. The predicted molar refractivity (Wildman–Crippen MR) is 120 cm³/mol. The molecule has 4 aliphatic carbocycles. The molecule has 0 bridgehead atoms. The van der Waals surface area contributed by atoms with E-state index >= 15 is 0 Å². The van der Waals surface area contributed by atoms with E-state index in [1.807, 2.05) is 0 Å². The Balaban J connectivity index is 1.55. The Labute approximate surface area is 182 Å². The monoisotopic (exact) mass is 409 g/mol. The van der Waals surface area contributed by atoms with Gasteiger partial charge < -0.3 is 15.1 Å². The second-order valence-electron chi connectivity index (χ2n) is 10.9. The first kappa shape index (κ1) is 20.7. The van der Waals surface area contributed by atoms with Crippen LogP contribution in [0.1, 0.15) is 84.5 Å². The van der Waals surface area contributed by atoms with Crippen molar-refractivity contribution in [1.29, 1.82) is 0 Å². The Bertz CT molecular complexity index is 815. The van der Waals surface area contributed by atoms with Gasteiger partial charge >= 0.3 is 0 Å². The lowest BCUT2D eigenvalue weighted by Gasteiger charge is -2.60. The van der Waals surface area contributed by atoms with Crippen LogP contribution in [0.3, 0.4) is 0 Å². The van der Waals surface area contributed by atoms with Crippen molar-refractivity contribution in [1.82, 2.24) is 4.90 Å². The molecule has 164 valence electrons. The fraction of sp³-hybridized carbons (Fsp3) is 0.778. The van der Waals surface area contributed by atoms with Crippen LogP contribution < -0.4 is 0 Å². The fourth-order valence-corrected chi connectivity index (χ4v) is 8.53. The maximum absolute atomic E-state index is 12.1. The number of fused-ring (bicyclic) bond motifs is 4. The van der Waals surface area contributed by atoms with E-state index < -0.39 is 11.2 Å². The van der Waals surface area contributed by atoms with Crippen molar-refractivity contribution >= 4 is 0 Å². The summed E-state index contributed by atoms with van der Waals surface area (Å²) >= 11 is 0. The molecule has 1 aliphatic heterocycles. The zero-order valence-electron chi connectivity index (χ0n) is 18.9.